The highest BCUT2D eigenvalue weighted by atomic mass is 19.1. The van der Waals surface area contributed by atoms with E-state index < -0.39 is 11.6 Å². The van der Waals surface area contributed by atoms with E-state index in [1.165, 1.54) is 24.3 Å². The van der Waals surface area contributed by atoms with Gasteiger partial charge < -0.3 is 14.7 Å². The smallest absolute Gasteiger partial charge is 0.254 e. The number of benzene rings is 2. The normalized spacial score (nSPS) is 22.1. The van der Waals surface area contributed by atoms with E-state index in [1.54, 1.807) is 17.0 Å². The lowest BCUT2D eigenvalue weighted by Crippen LogP contribution is -2.35. The quantitative estimate of drug-likeness (QED) is 0.697. The molecule has 1 amide bonds. The van der Waals surface area contributed by atoms with Crippen molar-refractivity contribution < 1.29 is 23.4 Å². The summed E-state index contributed by atoms with van der Waals surface area (Å²) < 4.78 is 33.1. The lowest BCUT2D eigenvalue weighted by molar-refractivity contribution is 0.0655. The Hall–Kier alpha value is -2.63. The minimum absolute atomic E-state index is 0.0522. The zero-order valence-corrected chi connectivity index (χ0v) is 17.1. The van der Waals surface area contributed by atoms with Gasteiger partial charge in [-0.3, -0.25) is 4.79 Å². The van der Waals surface area contributed by atoms with Crippen molar-refractivity contribution in [3.8, 4) is 11.5 Å². The molecule has 160 valence electrons. The maximum absolute atomic E-state index is 13.6. The summed E-state index contributed by atoms with van der Waals surface area (Å²) in [4.78, 5) is 14.4. The zero-order valence-electron chi connectivity index (χ0n) is 17.1. The molecular weight excluding hydrogens is 388 g/mol. The molecule has 2 aromatic carbocycles. The van der Waals surface area contributed by atoms with Crippen molar-refractivity contribution in [1.82, 2.24) is 4.90 Å². The van der Waals surface area contributed by atoms with Crippen LogP contribution in [0.5, 0.6) is 11.5 Å². The molecule has 4 nitrogen and oxygen atoms in total. The standard InChI is InChI=1S/C24H27F2NO3/c1-2-23(30-19-5-3-4-18(25)11-19)16-8-6-15(7-9-16)13-27-14-17-10-21(26)22(28)12-20(17)24(27)29/h3-5,10-12,15-16,23,28H,2,6-9,13-14H2,1H3. The van der Waals surface area contributed by atoms with E-state index in [1.807, 2.05) is 0 Å². The fraction of sp³-hybridized carbons (Fsp3) is 0.458. The number of phenolic OH excluding ortho intramolecular Hbond substituents is 1. The van der Waals surface area contributed by atoms with Gasteiger partial charge in [0.25, 0.3) is 5.91 Å². The monoisotopic (exact) mass is 415 g/mol. The average molecular weight is 415 g/mol. The molecule has 1 heterocycles. The van der Waals surface area contributed by atoms with Crippen molar-refractivity contribution in [2.24, 2.45) is 11.8 Å². The molecule has 1 atom stereocenters. The van der Waals surface area contributed by atoms with Crippen molar-refractivity contribution in [3.63, 3.8) is 0 Å². The number of amides is 1. The summed E-state index contributed by atoms with van der Waals surface area (Å²) in [6.07, 6.45) is 4.91. The second kappa shape index (κ2) is 8.62. The van der Waals surface area contributed by atoms with Gasteiger partial charge in [0.1, 0.15) is 17.7 Å². The molecule has 1 N–H and O–H groups in total. The molecule has 4 rings (SSSR count). The first-order valence-corrected chi connectivity index (χ1v) is 10.7. The van der Waals surface area contributed by atoms with Crippen LogP contribution in [0.4, 0.5) is 8.78 Å². The van der Waals surface area contributed by atoms with Gasteiger partial charge in [-0.05, 0) is 73.8 Å². The number of halogens is 2. The number of ether oxygens (including phenoxy) is 1. The number of carbonyl (C=O) groups is 1. The lowest BCUT2D eigenvalue weighted by atomic mass is 9.78. The van der Waals surface area contributed by atoms with E-state index in [4.69, 9.17) is 4.74 Å². The molecular formula is C24H27F2NO3. The summed E-state index contributed by atoms with van der Waals surface area (Å²) in [5.41, 5.74) is 1.04. The number of rotatable bonds is 6. The van der Waals surface area contributed by atoms with Crippen LogP contribution in [0.2, 0.25) is 0 Å². The molecule has 6 heteroatoms. The van der Waals surface area contributed by atoms with Crippen LogP contribution in [-0.2, 0) is 6.54 Å². The molecule has 1 aliphatic heterocycles. The topological polar surface area (TPSA) is 49.8 Å². The molecule has 30 heavy (non-hydrogen) atoms. The predicted octanol–water partition coefficient (Wildman–Crippen LogP) is 5.29. The minimum atomic E-state index is -0.687. The van der Waals surface area contributed by atoms with Crippen LogP contribution < -0.4 is 4.74 Å². The minimum Gasteiger partial charge on any atom is -0.505 e. The van der Waals surface area contributed by atoms with Crippen LogP contribution in [0.3, 0.4) is 0 Å². The fourth-order valence-electron chi connectivity index (χ4n) is 4.81. The second-order valence-corrected chi connectivity index (χ2v) is 8.45. The number of fused-ring (bicyclic) bond motifs is 1. The molecule has 0 spiro atoms. The third-order valence-corrected chi connectivity index (χ3v) is 6.43. The van der Waals surface area contributed by atoms with Gasteiger partial charge >= 0.3 is 0 Å². The molecule has 1 aliphatic carbocycles. The Bertz CT molecular complexity index is 925. The summed E-state index contributed by atoms with van der Waals surface area (Å²) in [7, 11) is 0. The van der Waals surface area contributed by atoms with Crippen LogP contribution in [0.25, 0.3) is 0 Å². The van der Waals surface area contributed by atoms with Gasteiger partial charge in [0.2, 0.25) is 0 Å². The van der Waals surface area contributed by atoms with Crippen molar-refractivity contribution >= 4 is 5.91 Å². The van der Waals surface area contributed by atoms with E-state index >= 15 is 0 Å². The van der Waals surface area contributed by atoms with Crippen LogP contribution in [0.1, 0.15) is 54.9 Å². The molecule has 0 saturated heterocycles. The Kier molecular flexibility index (Phi) is 5.93. The summed E-state index contributed by atoms with van der Waals surface area (Å²) >= 11 is 0. The van der Waals surface area contributed by atoms with Gasteiger partial charge in [0.05, 0.1) is 0 Å². The summed E-state index contributed by atoms with van der Waals surface area (Å²) in [6.45, 7) is 3.13. The van der Waals surface area contributed by atoms with Gasteiger partial charge in [0.15, 0.2) is 11.6 Å². The summed E-state index contributed by atoms with van der Waals surface area (Å²) in [5.74, 6) is -0.225. The second-order valence-electron chi connectivity index (χ2n) is 8.45. The summed E-state index contributed by atoms with van der Waals surface area (Å²) in [5, 5.41) is 9.56. The van der Waals surface area contributed by atoms with Crippen molar-refractivity contribution in [2.75, 3.05) is 6.54 Å². The van der Waals surface area contributed by atoms with Gasteiger partial charge in [-0.15, -0.1) is 0 Å². The first-order valence-electron chi connectivity index (χ1n) is 10.7. The number of hydrogen-bond acceptors (Lipinski definition) is 3. The van der Waals surface area contributed by atoms with E-state index in [-0.39, 0.29) is 17.8 Å². The molecule has 0 aromatic heterocycles. The summed E-state index contributed by atoms with van der Waals surface area (Å²) in [6, 6.07) is 8.77. The van der Waals surface area contributed by atoms with Gasteiger partial charge in [-0.2, -0.15) is 0 Å². The number of carbonyl (C=O) groups excluding carboxylic acids is 1. The van der Waals surface area contributed by atoms with E-state index in [0.29, 0.717) is 41.8 Å². The molecule has 0 bridgehead atoms. The fourth-order valence-corrected chi connectivity index (χ4v) is 4.81. The maximum Gasteiger partial charge on any atom is 0.254 e. The molecule has 1 unspecified atom stereocenters. The number of phenols is 1. The third kappa shape index (κ3) is 4.27. The lowest BCUT2D eigenvalue weighted by Gasteiger charge is -2.35. The molecule has 2 aromatic rings. The zero-order chi connectivity index (χ0) is 21.3. The van der Waals surface area contributed by atoms with Crippen molar-refractivity contribution in [2.45, 2.75) is 51.7 Å². The largest absolute Gasteiger partial charge is 0.505 e. The Balaban J connectivity index is 1.32. The van der Waals surface area contributed by atoms with E-state index in [2.05, 4.69) is 6.92 Å². The van der Waals surface area contributed by atoms with Gasteiger partial charge in [0, 0.05) is 24.7 Å². The van der Waals surface area contributed by atoms with E-state index in [0.717, 1.165) is 32.1 Å². The van der Waals surface area contributed by atoms with Crippen LogP contribution in [-0.4, -0.2) is 28.6 Å². The Morgan fingerprint density at radius 2 is 1.93 bits per heavy atom. The first-order chi connectivity index (χ1) is 14.4. The highest BCUT2D eigenvalue weighted by Crippen LogP contribution is 2.36. The third-order valence-electron chi connectivity index (χ3n) is 6.43. The van der Waals surface area contributed by atoms with Crippen LogP contribution in [0.15, 0.2) is 36.4 Å². The number of hydrogen-bond donors (Lipinski definition) is 1. The molecule has 2 aliphatic rings. The molecule has 1 fully saturated rings. The SMILES string of the molecule is CCC(Oc1cccc(F)c1)C1CCC(CN2Cc3cc(F)c(O)cc3C2=O)CC1. The number of nitrogens with zero attached hydrogens (tertiary/aromatic N) is 1. The highest BCUT2D eigenvalue weighted by molar-refractivity contribution is 5.98. The molecule has 1 saturated carbocycles. The highest BCUT2D eigenvalue weighted by Gasteiger charge is 2.33. The molecule has 0 radical (unpaired) electrons. The Morgan fingerprint density at radius 3 is 2.63 bits per heavy atom. The average Bonchev–Trinajstić information content (AvgIpc) is 3.02. The van der Waals surface area contributed by atoms with Crippen LogP contribution >= 0.6 is 0 Å². The Labute approximate surface area is 175 Å². The van der Waals surface area contributed by atoms with Crippen molar-refractivity contribution in [3.05, 3.63) is 59.2 Å². The van der Waals surface area contributed by atoms with E-state index in [9.17, 15) is 18.7 Å². The first kappa shape index (κ1) is 20.6. The van der Waals surface area contributed by atoms with Crippen molar-refractivity contribution in [1.29, 1.82) is 0 Å². The number of aromatic hydroxyl groups is 1. The van der Waals surface area contributed by atoms with Crippen LogP contribution in [0, 0.1) is 23.5 Å². The van der Waals surface area contributed by atoms with Gasteiger partial charge in [-0.1, -0.05) is 13.0 Å². The predicted molar refractivity (Wildman–Crippen MR) is 109 cm³/mol. The Morgan fingerprint density at radius 1 is 1.17 bits per heavy atom. The maximum atomic E-state index is 13.6. The van der Waals surface area contributed by atoms with Gasteiger partial charge in [-0.25, -0.2) is 8.78 Å².